The molecule has 0 radical (unpaired) electrons. The molecule has 2 N–H and O–H groups in total. The third kappa shape index (κ3) is 3.09. The Balaban J connectivity index is 1.91. The maximum atomic E-state index is 6.26. The fraction of sp³-hybridized carbons (Fsp3) is 0.786. The van der Waals surface area contributed by atoms with Crippen LogP contribution in [0.25, 0.3) is 0 Å². The van der Waals surface area contributed by atoms with Gasteiger partial charge in [-0.15, -0.1) is 0 Å². The van der Waals surface area contributed by atoms with Gasteiger partial charge >= 0.3 is 0 Å². The van der Waals surface area contributed by atoms with Gasteiger partial charge in [-0.25, -0.2) is 0 Å². The van der Waals surface area contributed by atoms with Crippen molar-refractivity contribution >= 4 is 0 Å². The topological polar surface area (TPSA) is 43.8 Å². The smallest absolute Gasteiger partial charge is 0.0640 e. The second-order valence-electron chi connectivity index (χ2n) is 5.61. The van der Waals surface area contributed by atoms with E-state index >= 15 is 0 Å². The Hall–Kier alpha value is -0.830. The molecule has 1 saturated carbocycles. The van der Waals surface area contributed by atoms with E-state index in [1.165, 1.54) is 12.8 Å². The van der Waals surface area contributed by atoms with Crippen LogP contribution in [0.1, 0.15) is 51.8 Å². The van der Waals surface area contributed by atoms with Crippen LogP contribution in [-0.4, -0.2) is 15.8 Å². The molecule has 0 spiro atoms. The van der Waals surface area contributed by atoms with Gasteiger partial charge in [-0.3, -0.25) is 4.68 Å². The first-order chi connectivity index (χ1) is 8.11. The van der Waals surface area contributed by atoms with Crippen molar-refractivity contribution < 1.29 is 0 Å². The summed E-state index contributed by atoms with van der Waals surface area (Å²) in [6, 6.07) is 2.87. The molecule has 0 aromatic carbocycles. The zero-order valence-corrected chi connectivity index (χ0v) is 11.3. The molecule has 0 aliphatic heterocycles. The highest BCUT2D eigenvalue weighted by Crippen LogP contribution is 2.38. The summed E-state index contributed by atoms with van der Waals surface area (Å²) in [5.41, 5.74) is 7.40. The van der Waals surface area contributed by atoms with E-state index in [-0.39, 0.29) is 6.04 Å². The van der Waals surface area contributed by atoms with Crippen molar-refractivity contribution in [1.82, 2.24) is 9.78 Å². The molecule has 0 saturated heterocycles. The largest absolute Gasteiger partial charge is 0.327 e. The lowest BCUT2D eigenvalue weighted by Crippen LogP contribution is -2.32. The molecule has 1 aromatic heterocycles. The Kier molecular flexibility index (Phi) is 3.87. The van der Waals surface area contributed by atoms with Crippen LogP contribution < -0.4 is 5.73 Å². The van der Waals surface area contributed by atoms with Crippen LogP contribution in [0.4, 0.5) is 0 Å². The fourth-order valence-electron chi connectivity index (χ4n) is 2.32. The van der Waals surface area contributed by atoms with Crippen molar-refractivity contribution in [2.24, 2.45) is 17.6 Å². The summed E-state index contributed by atoms with van der Waals surface area (Å²) in [6.45, 7) is 6.67. The molecular formula is C14H25N3. The normalized spacial score (nSPS) is 21.2. The Morgan fingerprint density at radius 3 is 2.76 bits per heavy atom. The van der Waals surface area contributed by atoms with E-state index in [0.717, 1.165) is 24.5 Å². The van der Waals surface area contributed by atoms with Crippen molar-refractivity contribution in [2.45, 2.75) is 58.5 Å². The summed E-state index contributed by atoms with van der Waals surface area (Å²) in [4.78, 5) is 0. The van der Waals surface area contributed by atoms with Crippen LogP contribution >= 0.6 is 0 Å². The molecule has 0 bridgehead atoms. The number of nitrogens with zero attached hydrogens (tertiary/aromatic N) is 2. The summed E-state index contributed by atoms with van der Waals surface area (Å²) in [7, 11) is 0. The second kappa shape index (κ2) is 5.21. The van der Waals surface area contributed by atoms with Gasteiger partial charge in [0.05, 0.1) is 5.69 Å². The maximum absolute atomic E-state index is 6.26. The number of nitrogens with two attached hydrogens (primary N) is 1. The van der Waals surface area contributed by atoms with E-state index in [1.54, 1.807) is 0 Å². The Morgan fingerprint density at radius 2 is 2.18 bits per heavy atom. The summed E-state index contributed by atoms with van der Waals surface area (Å²) < 4.78 is 2.06. The van der Waals surface area contributed by atoms with Crippen LogP contribution in [0.3, 0.4) is 0 Å². The third-order valence-corrected chi connectivity index (χ3v) is 4.19. The zero-order valence-electron chi connectivity index (χ0n) is 11.3. The molecule has 1 aromatic rings. The van der Waals surface area contributed by atoms with Crippen LogP contribution in [-0.2, 0) is 6.42 Å². The van der Waals surface area contributed by atoms with Gasteiger partial charge in [0, 0.05) is 24.7 Å². The van der Waals surface area contributed by atoms with E-state index in [2.05, 4.69) is 42.8 Å². The summed E-state index contributed by atoms with van der Waals surface area (Å²) in [6.07, 6.45) is 6.86. The first kappa shape index (κ1) is 12.6. The molecule has 2 rings (SSSR count). The standard InChI is InChI=1S/C14H25N3/c1-4-10(2)17-8-7-13(16-17)9-14(15)11(3)12-5-6-12/h7-8,10-12,14H,4-6,9,15H2,1-3H3. The number of rotatable bonds is 6. The van der Waals surface area contributed by atoms with Crippen molar-refractivity contribution in [1.29, 1.82) is 0 Å². The maximum Gasteiger partial charge on any atom is 0.0640 e. The average Bonchev–Trinajstić information content (AvgIpc) is 3.08. The molecule has 3 nitrogen and oxygen atoms in total. The van der Waals surface area contributed by atoms with E-state index in [9.17, 15) is 0 Å². The van der Waals surface area contributed by atoms with Gasteiger partial charge in [-0.05, 0) is 44.1 Å². The molecule has 96 valence electrons. The molecule has 1 aliphatic rings. The quantitative estimate of drug-likeness (QED) is 0.824. The molecule has 3 heteroatoms. The van der Waals surface area contributed by atoms with E-state index in [0.29, 0.717) is 12.0 Å². The van der Waals surface area contributed by atoms with Crippen LogP contribution in [0, 0.1) is 11.8 Å². The fourth-order valence-corrected chi connectivity index (χ4v) is 2.32. The lowest BCUT2D eigenvalue weighted by Gasteiger charge is -2.18. The van der Waals surface area contributed by atoms with Gasteiger partial charge in [0.15, 0.2) is 0 Å². The highest BCUT2D eigenvalue weighted by molar-refractivity contribution is 5.03. The van der Waals surface area contributed by atoms with E-state index < -0.39 is 0 Å². The monoisotopic (exact) mass is 235 g/mol. The highest BCUT2D eigenvalue weighted by atomic mass is 15.3. The minimum absolute atomic E-state index is 0.266. The van der Waals surface area contributed by atoms with Gasteiger partial charge in [-0.2, -0.15) is 5.10 Å². The summed E-state index contributed by atoms with van der Waals surface area (Å²) in [5.74, 6) is 1.52. The van der Waals surface area contributed by atoms with Gasteiger partial charge in [0.2, 0.25) is 0 Å². The van der Waals surface area contributed by atoms with Crippen LogP contribution in [0.2, 0.25) is 0 Å². The Labute approximate surface area is 104 Å². The second-order valence-corrected chi connectivity index (χ2v) is 5.61. The molecule has 3 unspecified atom stereocenters. The minimum Gasteiger partial charge on any atom is -0.327 e. The van der Waals surface area contributed by atoms with Gasteiger partial charge in [0.1, 0.15) is 0 Å². The lowest BCUT2D eigenvalue weighted by atomic mass is 9.94. The molecule has 17 heavy (non-hydrogen) atoms. The zero-order chi connectivity index (χ0) is 12.4. The van der Waals surface area contributed by atoms with Crippen LogP contribution in [0.5, 0.6) is 0 Å². The van der Waals surface area contributed by atoms with Crippen molar-refractivity contribution in [3.8, 4) is 0 Å². The van der Waals surface area contributed by atoms with Gasteiger partial charge < -0.3 is 5.73 Å². The van der Waals surface area contributed by atoms with Crippen LogP contribution in [0.15, 0.2) is 12.3 Å². The Bertz CT molecular complexity index is 354. The van der Waals surface area contributed by atoms with Gasteiger partial charge in [-0.1, -0.05) is 13.8 Å². The number of hydrogen-bond donors (Lipinski definition) is 1. The molecule has 3 atom stereocenters. The first-order valence-electron chi connectivity index (χ1n) is 6.91. The molecule has 1 fully saturated rings. The van der Waals surface area contributed by atoms with Crippen molar-refractivity contribution in [3.63, 3.8) is 0 Å². The molecule has 1 aliphatic carbocycles. The third-order valence-electron chi connectivity index (χ3n) is 4.19. The van der Waals surface area contributed by atoms with Gasteiger partial charge in [0.25, 0.3) is 0 Å². The molecular weight excluding hydrogens is 210 g/mol. The molecule has 1 heterocycles. The SMILES string of the molecule is CCC(C)n1ccc(CC(N)C(C)C2CC2)n1. The summed E-state index contributed by atoms with van der Waals surface area (Å²) in [5, 5.41) is 4.62. The summed E-state index contributed by atoms with van der Waals surface area (Å²) >= 11 is 0. The minimum atomic E-state index is 0.266. The predicted octanol–water partition coefficient (Wildman–Crippen LogP) is 2.77. The highest BCUT2D eigenvalue weighted by Gasteiger charge is 2.31. The average molecular weight is 235 g/mol. The lowest BCUT2D eigenvalue weighted by molar-refractivity contribution is 0.398. The van der Waals surface area contributed by atoms with E-state index in [4.69, 9.17) is 5.73 Å². The number of aromatic nitrogens is 2. The Morgan fingerprint density at radius 1 is 1.47 bits per heavy atom. The van der Waals surface area contributed by atoms with E-state index in [1.807, 2.05) is 0 Å². The van der Waals surface area contributed by atoms with Crippen molar-refractivity contribution in [2.75, 3.05) is 0 Å². The predicted molar refractivity (Wildman–Crippen MR) is 70.8 cm³/mol. The van der Waals surface area contributed by atoms with Crippen molar-refractivity contribution in [3.05, 3.63) is 18.0 Å². The number of hydrogen-bond acceptors (Lipinski definition) is 2. The molecule has 0 amide bonds. The first-order valence-corrected chi connectivity index (χ1v) is 6.91.